The smallest absolute Gasteiger partial charge is 0.230 e. The molecule has 3 amide bonds. The maximum atomic E-state index is 12.0. The molecule has 3 rings (SSSR count). The summed E-state index contributed by atoms with van der Waals surface area (Å²) >= 11 is 0. The van der Waals surface area contributed by atoms with Crippen LogP contribution in [-0.4, -0.2) is 46.7 Å². The predicted molar refractivity (Wildman–Crippen MR) is 68.0 cm³/mol. The number of hydrogen-bond acceptors (Lipinski definition) is 3. The highest BCUT2D eigenvalue weighted by atomic mass is 16.2. The highest BCUT2D eigenvalue weighted by molar-refractivity contribution is 6.02. The first-order valence-electron chi connectivity index (χ1n) is 7.28. The first-order chi connectivity index (χ1) is 9.15. The van der Waals surface area contributed by atoms with Gasteiger partial charge >= 0.3 is 0 Å². The normalized spacial score (nSPS) is 25.3. The minimum absolute atomic E-state index is 0.0602. The van der Waals surface area contributed by atoms with Gasteiger partial charge in [0.25, 0.3) is 0 Å². The quantitative estimate of drug-likeness (QED) is 0.712. The molecule has 5 heteroatoms. The molecule has 2 saturated heterocycles. The first kappa shape index (κ1) is 12.6. The van der Waals surface area contributed by atoms with Gasteiger partial charge in [-0.3, -0.25) is 19.3 Å². The van der Waals surface area contributed by atoms with E-state index in [1.54, 1.807) is 4.90 Å². The van der Waals surface area contributed by atoms with E-state index in [9.17, 15) is 14.4 Å². The lowest BCUT2D eigenvalue weighted by molar-refractivity contribution is -0.152. The van der Waals surface area contributed by atoms with Gasteiger partial charge in [-0.25, -0.2) is 0 Å². The number of hydrogen-bond donors (Lipinski definition) is 0. The number of imide groups is 1. The zero-order valence-corrected chi connectivity index (χ0v) is 11.1. The molecule has 0 radical (unpaired) electrons. The van der Waals surface area contributed by atoms with Crippen LogP contribution < -0.4 is 0 Å². The highest BCUT2D eigenvalue weighted by Gasteiger charge is 2.42. The van der Waals surface area contributed by atoms with E-state index in [1.807, 2.05) is 0 Å². The summed E-state index contributed by atoms with van der Waals surface area (Å²) in [7, 11) is 0. The van der Waals surface area contributed by atoms with Crippen molar-refractivity contribution in [3.8, 4) is 0 Å². The third kappa shape index (κ3) is 2.38. The van der Waals surface area contributed by atoms with Crippen LogP contribution in [0.25, 0.3) is 0 Å². The Morgan fingerprint density at radius 3 is 2.21 bits per heavy atom. The average Bonchev–Trinajstić information content (AvgIpc) is 2.91. The molecule has 0 N–H and O–H groups in total. The highest BCUT2D eigenvalue weighted by Crippen LogP contribution is 2.29. The second-order valence-corrected chi connectivity index (χ2v) is 5.96. The molecule has 0 unspecified atom stereocenters. The minimum atomic E-state index is -0.0714. The molecule has 1 saturated carbocycles. The largest absolute Gasteiger partial charge is 0.338 e. The number of nitrogens with zero attached hydrogens (tertiary/aromatic N) is 2. The maximum absolute atomic E-state index is 12.0. The Morgan fingerprint density at radius 1 is 1.05 bits per heavy atom. The van der Waals surface area contributed by atoms with Crippen molar-refractivity contribution in [1.29, 1.82) is 0 Å². The fourth-order valence-corrected chi connectivity index (χ4v) is 3.41. The van der Waals surface area contributed by atoms with Gasteiger partial charge < -0.3 is 4.90 Å². The molecule has 0 spiro atoms. The Bertz CT molecular complexity index is 393. The molecule has 0 aromatic rings. The van der Waals surface area contributed by atoms with Gasteiger partial charge in [-0.1, -0.05) is 12.8 Å². The van der Waals surface area contributed by atoms with Crippen molar-refractivity contribution in [3.63, 3.8) is 0 Å². The van der Waals surface area contributed by atoms with Crippen LogP contribution in [0.4, 0.5) is 0 Å². The predicted octanol–water partition coefficient (Wildman–Crippen LogP) is 0.926. The number of carbonyl (C=O) groups is 3. The van der Waals surface area contributed by atoms with E-state index in [0.29, 0.717) is 38.3 Å². The number of likely N-dealkylation sites (tertiary alicyclic amines) is 2. The standard InChI is InChI=1S/C14H20N2O3/c17-12-5-6-13(18)16(12)11-8-15(9-11)14(19)7-10-3-1-2-4-10/h10-11H,1-9H2. The summed E-state index contributed by atoms with van der Waals surface area (Å²) in [6, 6.07) is -0.0602. The van der Waals surface area contributed by atoms with Gasteiger partial charge in [-0.15, -0.1) is 0 Å². The maximum Gasteiger partial charge on any atom is 0.230 e. The Morgan fingerprint density at radius 2 is 1.63 bits per heavy atom. The van der Waals surface area contributed by atoms with Crippen LogP contribution in [0.2, 0.25) is 0 Å². The Labute approximate surface area is 112 Å². The van der Waals surface area contributed by atoms with Crippen molar-refractivity contribution in [2.75, 3.05) is 13.1 Å². The lowest BCUT2D eigenvalue weighted by atomic mass is 10.0. The van der Waals surface area contributed by atoms with Crippen molar-refractivity contribution >= 4 is 17.7 Å². The summed E-state index contributed by atoms with van der Waals surface area (Å²) in [5.74, 6) is 0.611. The Balaban J connectivity index is 1.48. The zero-order valence-electron chi connectivity index (χ0n) is 11.1. The van der Waals surface area contributed by atoms with E-state index < -0.39 is 0 Å². The fourth-order valence-electron chi connectivity index (χ4n) is 3.41. The van der Waals surface area contributed by atoms with Gasteiger partial charge in [0.1, 0.15) is 0 Å². The fraction of sp³-hybridized carbons (Fsp3) is 0.786. The molecule has 5 nitrogen and oxygen atoms in total. The van der Waals surface area contributed by atoms with Crippen molar-refractivity contribution in [3.05, 3.63) is 0 Å². The van der Waals surface area contributed by atoms with Crippen molar-refractivity contribution in [2.45, 2.75) is 51.0 Å². The molecule has 0 bridgehead atoms. The SMILES string of the molecule is O=C(CC1CCCC1)N1CC(N2C(=O)CCC2=O)C1. The summed E-state index contributed by atoms with van der Waals surface area (Å²) in [5.41, 5.74) is 0. The van der Waals surface area contributed by atoms with E-state index in [1.165, 1.54) is 30.6 Å². The first-order valence-corrected chi connectivity index (χ1v) is 7.28. The molecule has 0 aromatic carbocycles. The van der Waals surface area contributed by atoms with Gasteiger partial charge in [0.15, 0.2) is 0 Å². The van der Waals surface area contributed by atoms with Gasteiger partial charge in [-0.2, -0.15) is 0 Å². The van der Waals surface area contributed by atoms with Gasteiger partial charge in [0, 0.05) is 32.4 Å². The van der Waals surface area contributed by atoms with Crippen LogP contribution in [-0.2, 0) is 14.4 Å². The third-order valence-corrected chi connectivity index (χ3v) is 4.61. The van der Waals surface area contributed by atoms with E-state index in [4.69, 9.17) is 0 Å². The molecule has 2 aliphatic heterocycles. The molecule has 3 fully saturated rings. The molecule has 1 aliphatic carbocycles. The van der Waals surface area contributed by atoms with Crippen molar-refractivity contribution in [1.82, 2.24) is 9.80 Å². The third-order valence-electron chi connectivity index (χ3n) is 4.61. The lowest BCUT2D eigenvalue weighted by Crippen LogP contribution is -2.62. The van der Waals surface area contributed by atoms with Gasteiger partial charge in [0.2, 0.25) is 17.7 Å². The summed E-state index contributed by atoms with van der Waals surface area (Å²) in [6.45, 7) is 1.09. The molecule has 104 valence electrons. The van der Waals surface area contributed by atoms with E-state index in [-0.39, 0.29) is 23.8 Å². The summed E-state index contributed by atoms with van der Waals surface area (Å²) in [5, 5.41) is 0. The molecule has 19 heavy (non-hydrogen) atoms. The Hall–Kier alpha value is -1.39. The molecule has 3 aliphatic rings. The molecule has 0 aromatic heterocycles. The monoisotopic (exact) mass is 264 g/mol. The van der Waals surface area contributed by atoms with E-state index >= 15 is 0 Å². The second-order valence-electron chi connectivity index (χ2n) is 5.96. The summed E-state index contributed by atoms with van der Waals surface area (Å²) in [4.78, 5) is 38.4. The Kier molecular flexibility index (Phi) is 3.29. The molecule has 2 heterocycles. The summed E-state index contributed by atoms with van der Waals surface area (Å²) < 4.78 is 0. The molecular weight excluding hydrogens is 244 g/mol. The average molecular weight is 264 g/mol. The van der Waals surface area contributed by atoms with Crippen LogP contribution in [0, 0.1) is 5.92 Å². The number of carbonyl (C=O) groups excluding carboxylic acids is 3. The zero-order chi connectivity index (χ0) is 13.4. The second kappa shape index (κ2) is 4.94. The van der Waals surface area contributed by atoms with Crippen LogP contribution >= 0.6 is 0 Å². The lowest BCUT2D eigenvalue weighted by Gasteiger charge is -2.43. The van der Waals surface area contributed by atoms with Gasteiger partial charge in [0.05, 0.1) is 6.04 Å². The number of amides is 3. The van der Waals surface area contributed by atoms with E-state index in [2.05, 4.69) is 0 Å². The van der Waals surface area contributed by atoms with Gasteiger partial charge in [-0.05, 0) is 18.8 Å². The van der Waals surface area contributed by atoms with Crippen molar-refractivity contribution < 1.29 is 14.4 Å². The molecule has 0 atom stereocenters. The number of rotatable bonds is 3. The van der Waals surface area contributed by atoms with Crippen molar-refractivity contribution in [2.24, 2.45) is 5.92 Å². The van der Waals surface area contributed by atoms with E-state index in [0.717, 1.165) is 0 Å². The minimum Gasteiger partial charge on any atom is -0.338 e. The van der Waals surface area contributed by atoms with Crippen LogP contribution in [0.15, 0.2) is 0 Å². The van der Waals surface area contributed by atoms with Crippen LogP contribution in [0.5, 0.6) is 0 Å². The van der Waals surface area contributed by atoms with Crippen LogP contribution in [0.3, 0.4) is 0 Å². The summed E-state index contributed by atoms with van der Waals surface area (Å²) in [6.07, 6.45) is 6.16. The molecular formula is C14H20N2O3. The van der Waals surface area contributed by atoms with Crippen LogP contribution in [0.1, 0.15) is 44.9 Å². The topological polar surface area (TPSA) is 57.7 Å².